The zero-order valence-electron chi connectivity index (χ0n) is 9.75. The fourth-order valence-electron chi connectivity index (χ4n) is 2.21. The number of hydrogen-bond donors (Lipinski definition) is 0. The number of halogens is 2. The van der Waals surface area contributed by atoms with Crippen LogP contribution in [0.2, 0.25) is 0 Å². The summed E-state index contributed by atoms with van der Waals surface area (Å²) in [6.07, 6.45) is 2.34. The van der Waals surface area contributed by atoms with Crippen molar-refractivity contribution in [3.63, 3.8) is 0 Å². The Morgan fingerprint density at radius 1 is 1.41 bits per heavy atom. The van der Waals surface area contributed by atoms with E-state index in [1.54, 1.807) is 0 Å². The summed E-state index contributed by atoms with van der Waals surface area (Å²) in [5.74, 6) is 0.748. The second kappa shape index (κ2) is 5.53. The largest absolute Gasteiger partial charge is 0.338 e. The highest BCUT2D eigenvalue weighted by Crippen LogP contribution is 2.25. The highest BCUT2D eigenvalue weighted by atomic mass is 79.9. The number of likely N-dealkylation sites (tertiary alicyclic amines) is 1. The third-order valence-electron chi connectivity index (χ3n) is 3.11. The summed E-state index contributed by atoms with van der Waals surface area (Å²) in [5.41, 5.74) is 0.752. The number of nitrogens with zero attached hydrogens (tertiary/aromatic N) is 1. The molecule has 0 aliphatic carbocycles. The third-order valence-corrected chi connectivity index (χ3v) is 4.26. The molecule has 0 radical (unpaired) electrons. The van der Waals surface area contributed by atoms with Crippen LogP contribution < -0.4 is 0 Å². The number of benzene rings is 1. The molecule has 1 aromatic rings. The first-order valence-electron chi connectivity index (χ1n) is 5.82. The van der Waals surface area contributed by atoms with Crippen LogP contribution in [0.1, 0.15) is 30.1 Å². The number of carbonyl (C=O) groups is 1. The van der Waals surface area contributed by atoms with Gasteiger partial charge in [-0.1, -0.05) is 22.9 Å². The normalized spacial score (nSPS) is 20.4. The third kappa shape index (κ3) is 3.10. The average molecular weight is 361 g/mol. The van der Waals surface area contributed by atoms with Crippen LogP contribution in [0.4, 0.5) is 0 Å². The van der Waals surface area contributed by atoms with Crippen molar-refractivity contribution in [1.82, 2.24) is 4.90 Å². The fraction of sp³-hybridized carbons (Fsp3) is 0.462. The number of rotatable bonds is 1. The van der Waals surface area contributed by atoms with Gasteiger partial charge in [-0.2, -0.15) is 0 Å². The molecule has 1 atom stereocenters. The monoisotopic (exact) mass is 359 g/mol. The molecule has 1 aliphatic rings. The molecular weight excluding hydrogens is 346 g/mol. The van der Waals surface area contributed by atoms with E-state index >= 15 is 0 Å². The molecule has 1 fully saturated rings. The van der Waals surface area contributed by atoms with Gasteiger partial charge in [0.2, 0.25) is 0 Å². The van der Waals surface area contributed by atoms with Gasteiger partial charge in [0.15, 0.2) is 0 Å². The van der Waals surface area contributed by atoms with E-state index in [-0.39, 0.29) is 5.91 Å². The number of piperidine rings is 1. The molecule has 1 unspecified atom stereocenters. The Bertz CT molecular complexity index is 433. The summed E-state index contributed by atoms with van der Waals surface area (Å²) in [7, 11) is 0. The SMILES string of the molecule is CC1CCCN(C(=O)c2ccc(Br)cc2Br)C1. The van der Waals surface area contributed by atoms with Gasteiger partial charge >= 0.3 is 0 Å². The Hall–Kier alpha value is -0.350. The minimum atomic E-state index is 0.135. The quantitative estimate of drug-likeness (QED) is 0.738. The zero-order chi connectivity index (χ0) is 12.4. The second-order valence-corrected chi connectivity index (χ2v) is 6.39. The van der Waals surface area contributed by atoms with Gasteiger partial charge in [0.05, 0.1) is 5.56 Å². The Balaban J connectivity index is 2.18. The van der Waals surface area contributed by atoms with E-state index in [9.17, 15) is 4.79 Å². The van der Waals surface area contributed by atoms with Crippen LogP contribution in [0.15, 0.2) is 27.1 Å². The lowest BCUT2D eigenvalue weighted by molar-refractivity contribution is 0.0682. The van der Waals surface area contributed by atoms with Crippen molar-refractivity contribution in [3.05, 3.63) is 32.7 Å². The minimum Gasteiger partial charge on any atom is -0.338 e. The summed E-state index contributed by atoms with van der Waals surface area (Å²) in [6, 6.07) is 5.70. The standard InChI is InChI=1S/C13H15Br2NO/c1-9-3-2-6-16(8-9)13(17)11-5-4-10(14)7-12(11)15/h4-5,7,9H,2-3,6,8H2,1H3. The van der Waals surface area contributed by atoms with Gasteiger partial charge in [-0.05, 0) is 52.9 Å². The minimum absolute atomic E-state index is 0.135. The first-order chi connectivity index (χ1) is 8.08. The average Bonchev–Trinajstić information content (AvgIpc) is 2.28. The first-order valence-corrected chi connectivity index (χ1v) is 7.41. The Morgan fingerprint density at radius 2 is 2.18 bits per heavy atom. The van der Waals surface area contributed by atoms with Gasteiger partial charge in [0, 0.05) is 22.0 Å². The van der Waals surface area contributed by atoms with Crippen molar-refractivity contribution >= 4 is 37.8 Å². The van der Waals surface area contributed by atoms with Crippen LogP contribution in [0.3, 0.4) is 0 Å². The lowest BCUT2D eigenvalue weighted by atomic mass is 9.99. The topological polar surface area (TPSA) is 20.3 Å². The van der Waals surface area contributed by atoms with E-state index in [4.69, 9.17) is 0 Å². The van der Waals surface area contributed by atoms with Crippen LogP contribution in [-0.2, 0) is 0 Å². The van der Waals surface area contributed by atoms with Crippen molar-refractivity contribution < 1.29 is 4.79 Å². The van der Waals surface area contributed by atoms with Crippen LogP contribution in [-0.4, -0.2) is 23.9 Å². The predicted molar refractivity (Wildman–Crippen MR) is 76.1 cm³/mol. The summed E-state index contributed by atoms with van der Waals surface area (Å²) < 4.78 is 1.84. The fourth-order valence-corrected chi connectivity index (χ4v) is 3.42. The molecular formula is C13H15Br2NO. The van der Waals surface area contributed by atoms with Gasteiger partial charge < -0.3 is 4.90 Å². The van der Waals surface area contributed by atoms with Gasteiger partial charge in [-0.3, -0.25) is 4.79 Å². The molecule has 1 amide bonds. The predicted octanol–water partition coefficient (Wildman–Crippen LogP) is 4.08. The second-order valence-electron chi connectivity index (χ2n) is 4.62. The van der Waals surface area contributed by atoms with E-state index in [1.807, 2.05) is 23.1 Å². The zero-order valence-corrected chi connectivity index (χ0v) is 12.9. The molecule has 1 aliphatic heterocycles. The summed E-state index contributed by atoms with van der Waals surface area (Å²) >= 11 is 6.85. The molecule has 0 saturated carbocycles. The van der Waals surface area contributed by atoms with Crippen molar-refractivity contribution in [2.75, 3.05) is 13.1 Å². The number of hydrogen-bond acceptors (Lipinski definition) is 1. The van der Waals surface area contributed by atoms with E-state index in [0.717, 1.165) is 34.0 Å². The van der Waals surface area contributed by atoms with E-state index in [2.05, 4.69) is 38.8 Å². The van der Waals surface area contributed by atoms with Crippen molar-refractivity contribution in [1.29, 1.82) is 0 Å². The molecule has 0 bridgehead atoms. The molecule has 17 heavy (non-hydrogen) atoms. The molecule has 2 rings (SSSR count). The highest BCUT2D eigenvalue weighted by molar-refractivity contribution is 9.11. The van der Waals surface area contributed by atoms with Crippen LogP contribution >= 0.6 is 31.9 Å². The maximum absolute atomic E-state index is 12.4. The molecule has 1 saturated heterocycles. The van der Waals surface area contributed by atoms with Crippen molar-refractivity contribution in [3.8, 4) is 0 Å². The molecule has 1 heterocycles. The maximum Gasteiger partial charge on any atom is 0.255 e. The molecule has 92 valence electrons. The Morgan fingerprint density at radius 3 is 2.82 bits per heavy atom. The lowest BCUT2D eigenvalue weighted by Crippen LogP contribution is -2.39. The molecule has 0 N–H and O–H groups in total. The summed E-state index contributed by atoms with van der Waals surface area (Å²) in [5, 5.41) is 0. The lowest BCUT2D eigenvalue weighted by Gasteiger charge is -2.31. The van der Waals surface area contributed by atoms with Gasteiger partial charge in [0.1, 0.15) is 0 Å². The van der Waals surface area contributed by atoms with Crippen LogP contribution in [0, 0.1) is 5.92 Å². The molecule has 4 heteroatoms. The van der Waals surface area contributed by atoms with Crippen LogP contribution in [0.5, 0.6) is 0 Å². The summed E-state index contributed by atoms with van der Waals surface area (Å²) in [6.45, 7) is 3.96. The molecule has 0 aromatic heterocycles. The molecule has 1 aromatic carbocycles. The Labute approximate surface area is 119 Å². The van der Waals surface area contributed by atoms with E-state index in [0.29, 0.717) is 5.92 Å². The van der Waals surface area contributed by atoms with Crippen molar-refractivity contribution in [2.45, 2.75) is 19.8 Å². The van der Waals surface area contributed by atoms with E-state index in [1.165, 1.54) is 6.42 Å². The Kier molecular flexibility index (Phi) is 4.26. The van der Waals surface area contributed by atoms with Crippen molar-refractivity contribution in [2.24, 2.45) is 5.92 Å². The molecule has 2 nitrogen and oxygen atoms in total. The van der Waals surface area contributed by atoms with E-state index < -0.39 is 0 Å². The molecule has 0 spiro atoms. The van der Waals surface area contributed by atoms with Gasteiger partial charge in [-0.25, -0.2) is 0 Å². The maximum atomic E-state index is 12.4. The number of carbonyl (C=O) groups excluding carboxylic acids is 1. The van der Waals surface area contributed by atoms with Gasteiger partial charge in [-0.15, -0.1) is 0 Å². The number of amides is 1. The first kappa shape index (κ1) is 13.1. The van der Waals surface area contributed by atoms with Crippen LogP contribution in [0.25, 0.3) is 0 Å². The summed E-state index contributed by atoms with van der Waals surface area (Å²) in [4.78, 5) is 14.3. The van der Waals surface area contributed by atoms with Gasteiger partial charge in [0.25, 0.3) is 5.91 Å². The highest BCUT2D eigenvalue weighted by Gasteiger charge is 2.23. The smallest absolute Gasteiger partial charge is 0.255 e.